The van der Waals surface area contributed by atoms with Gasteiger partial charge in [-0.2, -0.15) is 0 Å². The van der Waals surface area contributed by atoms with E-state index < -0.39 is 0 Å². The van der Waals surface area contributed by atoms with Gasteiger partial charge in [-0.3, -0.25) is 4.79 Å². The van der Waals surface area contributed by atoms with Gasteiger partial charge in [0.25, 0.3) is 0 Å². The third-order valence-corrected chi connectivity index (χ3v) is 1.96. The minimum atomic E-state index is -0.00615. The van der Waals surface area contributed by atoms with Crippen LogP contribution < -0.4 is 10.6 Å². The van der Waals surface area contributed by atoms with Gasteiger partial charge in [0.05, 0.1) is 13.2 Å². The summed E-state index contributed by atoms with van der Waals surface area (Å²) >= 11 is 0. The summed E-state index contributed by atoms with van der Waals surface area (Å²) < 4.78 is 5.06. The summed E-state index contributed by atoms with van der Waals surface area (Å²) in [7, 11) is 1.83. The molecular weight excluding hydrogens is 196 g/mol. The Morgan fingerprint density at radius 1 is 1.47 bits per heavy atom. The summed E-state index contributed by atoms with van der Waals surface area (Å²) in [6.45, 7) is 4.18. The Hall–Kier alpha value is -0.650. The van der Waals surface area contributed by atoms with E-state index in [-0.39, 0.29) is 18.4 Å². The van der Waals surface area contributed by atoms with E-state index in [2.05, 4.69) is 10.6 Å². The number of nitrogens with one attached hydrogen (secondary N) is 2. The largest absolute Gasteiger partial charge is 0.394 e. The lowest BCUT2D eigenvalue weighted by molar-refractivity contribution is -0.124. The maximum Gasteiger partial charge on any atom is 0.224 e. The molecule has 1 amide bonds. The van der Waals surface area contributed by atoms with Crippen LogP contribution in [0, 0.1) is 5.92 Å². The predicted molar refractivity (Wildman–Crippen MR) is 58.6 cm³/mol. The minimum absolute atomic E-state index is 0.00615. The van der Waals surface area contributed by atoms with Crippen LogP contribution in [0.5, 0.6) is 0 Å². The van der Waals surface area contributed by atoms with E-state index in [1.54, 1.807) is 0 Å². The highest BCUT2D eigenvalue weighted by Crippen LogP contribution is 1.91. The minimum Gasteiger partial charge on any atom is -0.394 e. The van der Waals surface area contributed by atoms with Crippen LogP contribution in [-0.2, 0) is 9.53 Å². The first-order valence-electron chi connectivity index (χ1n) is 5.33. The molecule has 15 heavy (non-hydrogen) atoms. The van der Waals surface area contributed by atoms with Crippen LogP contribution >= 0.6 is 0 Å². The maximum atomic E-state index is 11.4. The highest BCUT2D eigenvalue weighted by Gasteiger charge is 2.09. The predicted octanol–water partition coefficient (Wildman–Crippen LogP) is -0.643. The number of carbonyl (C=O) groups is 1. The van der Waals surface area contributed by atoms with E-state index in [4.69, 9.17) is 9.84 Å². The molecule has 1 unspecified atom stereocenters. The van der Waals surface area contributed by atoms with Crippen LogP contribution in [0.25, 0.3) is 0 Å². The van der Waals surface area contributed by atoms with Gasteiger partial charge in [-0.25, -0.2) is 0 Å². The van der Waals surface area contributed by atoms with Gasteiger partial charge in [-0.05, 0) is 13.5 Å². The zero-order valence-corrected chi connectivity index (χ0v) is 9.58. The number of aliphatic hydroxyl groups is 1. The van der Waals surface area contributed by atoms with Gasteiger partial charge in [0.2, 0.25) is 5.91 Å². The lowest BCUT2D eigenvalue weighted by Gasteiger charge is -2.11. The lowest BCUT2D eigenvalue weighted by Crippen LogP contribution is -2.35. The molecular formula is C10H22N2O3. The number of amides is 1. The summed E-state index contributed by atoms with van der Waals surface area (Å²) in [5, 5.41) is 14.2. The Morgan fingerprint density at radius 3 is 2.80 bits per heavy atom. The van der Waals surface area contributed by atoms with Gasteiger partial charge in [0.15, 0.2) is 0 Å². The smallest absolute Gasteiger partial charge is 0.224 e. The summed E-state index contributed by atoms with van der Waals surface area (Å²) in [5.41, 5.74) is 0. The number of aliphatic hydroxyl groups excluding tert-OH is 1. The number of rotatable bonds is 9. The average Bonchev–Trinajstić information content (AvgIpc) is 2.23. The second-order valence-corrected chi connectivity index (χ2v) is 3.44. The van der Waals surface area contributed by atoms with Gasteiger partial charge in [0, 0.05) is 25.6 Å². The van der Waals surface area contributed by atoms with Crippen molar-refractivity contribution in [3.05, 3.63) is 0 Å². The quantitative estimate of drug-likeness (QED) is 0.450. The molecule has 0 aromatic heterocycles. The van der Waals surface area contributed by atoms with Crippen molar-refractivity contribution in [1.82, 2.24) is 10.6 Å². The molecule has 0 fully saturated rings. The van der Waals surface area contributed by atoms with E-state index in [0.717, 1.165) is 6.42 Å². The molecule has 3 N–H and O–H groups in total. The molecule has 0 bridgehead atoms. The van der Waals surface area contributed by atoms with Crippen LogP contribution in [-0.4, -0.2) is 51.0 Å². The Labute approximate surface area is 91.2 Å². The van der Waals surface area contributed by atoms with E-state index in [1.807, 2.05) is 14.0 Å². The normalized spacial score (nSPS) is 12.5. The zero-order valence-electron chi connectivity index (χ0n) is 9.58. The zero-order chi connectivity index (χ0) is 11.5. The fraction of sp³-hybridized carbons (Fsp3) is 0.900. The van der Waals surface area contributed by atoms with Crippen LogP contribution in [0.1, 0.15) is 13.3 Å². The summed E-state index contributed by atoms with van der Waals surface area (Å²) in [6, 6.07) is 0. The van der Waals surface area contributed by atoms with Gasteiger partial charge in [0.1, 0.15) is 0 Å². The van der Waals surface area contributed by atoms with Crippen molar-refractivity contribution in [2.24, 2.45) is 5.92 Å². The third kappa shape index (κ3) is 8.35. The van der Waals surface area contributed by atoms with Crippen LogP contribution in [0.15, 0.2) is 0 Å². The third-order valence-electron chi connectivity index (χ3n) is 1.96. The molecule has 0 saturated carbocycles. The summed E-state index contributed by atoms with van der Waals surface area (Å²) in [6.07, 6.45) is 0.776. The molecule has 5 nitrogen and oxygen atoms in total. The molecule has 0 saturated heterocycles. The van der Waals surface area contributed by atoms with Gasteiger partial charge in [-0.1, -0.05) is 6.92 Å². The van der Waals surface area contributed by atoms with Crippen LogP contribution in [0.2, 0.25) is 0 Å². The molecule has 90 valence electrons. The number of ether oxygens (including phenoxy) is 1. The van der Waals surface area contributed by atoms with Crippen molar-refractivity contribution in [1.29, 1.82) is 0 Å². The monoisotopic (exact) mass is 218 g/mol. The molecule has 0 spiro atoms. The standard InChI is InChI=1S/C10H22N2O3/c1-9(8-11-2)10(14)12-4-3-6-15-7-5-13/h9,11,13H,3-8H2,1-2H3,(H,12,14). The number of hydrogen-bond acceptors (Lipinski definition) is 4. The molecule has 0 aliphatic rings. The van der Waals surface area contributed by atoms with Crippen molar-refractivity contribution < 1.29 is 14.6 Å². The Morgan fingerprint density at radius 2 is 2.20 bits per heavy atom. The van der Waals surface area contributed by atoms with Gasteiger partial charge in [-0.15, -0.1) is 0 Å². The summed E-state index contributed by atoms with van der Waals surface area (Å²) in [4.78, 5) is 11.4. The molecule has 1 atom stereocenters. The van der Waals surface area contributed by atoms with E-state index >= 15 is 0 Å². The second-order valence-electron chi connectivity index (χ2n) is 3.44. The molecule has 0 aromatic carbocycles. The lowest BCUT2D eigenvalue weighted by atomic mass is 10.1. The molecule has 0 radical (unpaired) electrons. The number of hydrogen-bond donors (Lipinski definition) is 3. The molecule has 0 heterocycles. The first-order chi connectivity index (χ1) is 7.22. The molecule has 0 aromatic rings. The van der Waals surface area contributed by atoms with Gasteiger partial charge < -0.3 is 20.5 Å². The molecule has 0 aliphatic heterocycles. The van der Waals surface area contributed by atoms with Crippen molar-refractivity contribution >= 4 is 5.91 Å². The van der Waals surface area contributed by atoms with E-state index in [9.17, 15) is 4.79 Å². The molecule has 0 aliphatic carbocycles. The van der Waals surface area contributed by atoms with Crippen LogP contribution in [0.3, 0.4) is 0 Å². The topological polar surface area (TPSA) is 70.6 Å². The van der Waals surface area contributed by atoms with Crippen molar-refractivity contribution in [2.75, 3.05) is 40.0 Å². The van der Waals surface area contributed by atoms with Crippen molar-refractivity contribution in [2.45, 2.75) is 13.3 Å². The molecule has 5 heteroatoms. The van der Waals surface area contributed by atoms with E-state index in [1.165, 1.54) is 0 Å². The fourth-order valence-electron chi connectivity index (χ4n) is 1.13. The SMILES string of the molecule is CNCC(C)C(=O)NCCCOCCO. The first-order valence-corrected chi connectivity index (χ1v) is 5.33. The molecule has 0 rings (SSSR count). The van der Waals surface area contributed by atoms with Crippen molar-refractivity contribution in [3.8, 4) is 0 Å². The Balaban J connectivity index is 3.30. The summed E-state index contributed by atoms with van der Waals surface area (Å²) in [5.74, 6) is 0.0554. The highest BCUT2D eigenvalue weighted by molar-refractivity contribution is 5.78. The Kier molecular flexibility index (Phi) is 9.46. The van der Waals surface area contributed by atoms with Gasteiger partial charge >= 0.3 is 0 Å². The van der Waals surface area contributed by atoms with Crippen LogP contribution in [0.4, 0.5) is 0 Å². The average molecular weight is 218 g/mol. The number of carbonyl (C=O) groups excluding carboxylic acids is 1. The van der Waals surface area contributed by atoms with E-state index in [0.29, 0.717) is 26.3 Å². The maximum absolute atomic E-state index is 11.4. The first kappa shape index (κ1) is 14.3. The second kappa shape index (κ2) is 9.89. The fourth-order valence-corrected chi connectivity index (χ4v) is 1.13. The highest BCUT2D eigenvalue weighted by atomic mass is 16.5. The Bertz CT molecular complexity index is 165. The van der Waals surface area contributed by atoms with Crippen molar-refractivity contribution in [3.63, 3.8) is 0 Å².